The first-order valence-electron chi connectivity index (χ1n) is 4.55. The van der Waals surface area contributed by atoms with Crippen LogP contribution >= 0.6 is 11.8 Å². The van der Waals surface area contributed by atoms with E-state index in [0.29, 0.717) is 5.78 Å². The van der Waals surface area contributed by atoms with E-state index in [2.05, 4.69) is 11.8 Å². The topological polar surface area (TPSA) is 17.1 Å². The number of Topliss-reactive ketones (excluding diaryl/α,β-unsaturated/α-hetero) is 1. The third-order valence-corrected chi connectivity index (χ3v) is 2.74. The number of carbonyl (C=O) groups excluding carboxylic acids is 1. The van der Waals surface area contributed by atoms with Gasteiger partial charge in [0, 0.05) is 11.8 Å². The summed E-state index contributed by atoms with van der Waals surface area (Å²) in [4.78, 5) is 12.0. The molecule has 0 saturated carbocycles. The van der Waals surface area contributed by atoms with Gasteiger partial charge in [-0.05, 0) is 43.2 Å². The largest absolute Gasteiger partial charge is 0.300 e. The van der Waals surface area contributed by atoms with Crippen molar-refractivity contribution in [3.63, 3.8) is 0 Å². The summed E-state index contributed by atoms with van der Waals surface area (Å²) in [6.45, 7) is 1.65. The third-order valence-electron chi connectivity index (χ3n) is 1.85. The Kier molecular flexibility index (Phi) is 4.66. The minimum Gasteiger partial charge on any atom is -0.300 e. The van der Waals surface area contributed by atoms with Crippen molar-refractivity contribution < 1.29 is 4.79 Å². The second-order valence-electron chi connectivity index (χ2n) is 3.11. The Balaban J connectivity index is 2.10. The number of hydrogen-bond acceptors (Lipinski definition) is 2. The summed E-state index contributed by atoms with van der Waals surface area (Å²) in [5, 5.41) is 1.97. The van der Waals surface area contributed by atoms with Gasteiger partial charge in [-0.3, -0.25) is 0 Å². The minimum absolute atomic E-state index is 0.296. The molecular formula is C11H14OS. The molecule has 0 unspecified atom stereocenters. The fourth-order valence-corrected chi connectivity index (χ4v) is 1.85. The Bertz CT molecular complexity index is 270. The summed E-state index contributed by atoms with van der Waals surface area (Å²) in [6.07, 6.45) is 7.98. The third kappa shape index (κ3) is 4.76. The molecule has 1 nitrogen and oxygen atoms in total. The molecule has 2 heteroatoms. The Morgan fingerprint density at radius 3 is 3.00 bits per heavy atom. The number of allylic oxidation sites excluding steroid dienone is 3. The summed E-state index contributed by atoms with van der Waals surface area (Å²) >= 11 is 1.73. The lowest BCUT2D eigenvalue weighted by atomic mass is 10.1. The molecule has 0 radical (unpaired) electrons. The fourth-order valence-electron chi connectivity index (χ4n) is 1.14. The second kappa shape index (κ2) is 5.85. The summed E-state index contributed by atoms with van der Waals surface area (Å²) in [6, 6.07) is 0. The molecule has 1 heterocycles. The van der Waals surface area contributed by atoms with Crippen LogP contribution in [0.2, 0.25) is 0 Å². The zero-order valence-corrected chi connectivity index (χ0v) is 8.69. The molecular weight excluding hydrogens is 180 g/mol. The van der Waals surface area contributed by atoms with Crippen LogP contribution in [-0.2, 0) is 4.79 Å². The van der Waals surface area contributed by atoms with Crippen LogP contribution in [-0.4, -0.2) is 5.78 Å². The van der Waals surface area contributed by atoms with Gasteiger partial charge in [-0.15, -0.1) is 5.73 Å². The lowest BCUT2D eigenvalue weighted by Crippen LogP contribution is -1.89. The van der Waals surface area contributed by atoms with Crippen molar-refractivity contribution >= 4 is 17.5 Å². The van der Waals surface area contributed by atoms with Gasteiger partial charge in [0.25, 0.3) is 0 Å². The van der Waals surface area contributed by atoms with Gasteiger partial charge in [-0.2, -0.15) is 0 Å². The number of hydrogen-bond donors (Lipinski definition) is 0. The van der Waals surface area contributed by atoms with E-state index in [4.69, 9.17) is 0 Å². The fraction of sp³-hybridized carbons (Fsp3) is 0.455. The van der Waals surface area contributed by atoms with Gasteiger partial charge in [-0.25, -0.2) is 0 Å². The first-order valence-corrected chi connectivity index (χ1v) is 5.43. The van der Waals surface area contributed by atoms with Crippen LogP contribution in [0.25, 0.3) is 0 Å². The number of ketones is 1. The zero-order valence-electron chi connectivity index (χ0n) is 7.88. The standard InChI is InChI=1S/C11H14OS/c1-10(12)6-2-3-7-11-8-4-5-9-13-11/h4,8-9H,2-3,6-7H2,1H3. The van der Waals surface area contributed by atoms with Crippen molar-refractivity contribution in [2.24, 2.45) is 0 Å². The maximum absolute atomic E-state index is 10.7. The summed E-state index contributed by atoms with van der Waals surface area (Å²) in [5.41, 5.74) is 3.01. The van der Waals surface area contributed by atoms with Gasteiger partial charge in [0.2, 0.25) is 0 Å². The molecule has 1 aliphatic heterocycles. The van der Waals surface area contributed by atoms with Gasteiger partial charge in [0.15, 0.2) is 0 Å². The van der Waals surface area contributed by atoms with E-state index in [1.807, 2.05) is 11.5 Å². The lowest BCUT2D eigenvalue weighted by molar-refractivity contribution is -0.117. The Morgan fingerprint density at radius 1 is 1.54 bits per heavy atom. The molecule has 1 aliphatic rings. The highest BCUT2D eigenvalue weighted by Crippen LogP contribution is 2.24. The van der Waals surface area contributed by atoms with Crippen LogP contribution in [0.1, 0.15) is 32.6 Å². The molecule has 0 saturated heterocycles. The zero-order chi connectivity index (χ0) is 9.52. The van der Waals surface area contributed by atoms with Gasteiger partial charge in [0.1, 0.15) is 5.78 Å². The van der Waals surface area contributed by atoms with Crippen molar-refractivity contribution in [1.82, 2.24) is 0 Å². The molecule has 0 aromatic carbocycles. The molecule has 0 bridgehead atoms. The summed E-state index contributed by atoms with van der Waals surface area (Å²) in [5.74, 6) is 0.296. The number of unbranched alkanes of at least 4 members (excludes halogenated alkanes) is 1. The van der Waals surface area contributed by atoms with E-state index < -0.39 is 0 Å². The summed E-state index contributed by atoms with van der Waals surface area (Å²) in [7, 11) is 0. The first kappa shape index (κ1) is 10.4. The van der Waals surface area contributed by atoms with Gasteiger partial charge in [-0.1, -0.05) is 11.8 Å². The molecule has 0 amide bonds. The molecule has 0 aromatic heterocycles. The Labute approximate surface area is 83.6 Å². The molecule has 1 rings (SSSR count). The monoisotopic (exact) mass is 194 g/mol. The van der Waals surface area contributed by atoms with Crippen LogP contribution in [0, 0.1) is 0 Å². The quantitative estimate of drug-likeness (QED) is 0.492. The molecule has 13 heavy (non-hydrogen) atoms. The highest BCUT2D eigenvalue weighted by atomic mass is 32.2. The van der Waals surface area contributed by atoms with Crippen LogP contribution in [0.4, 0.5) is 0 Å². The van der Waals surface area contributed by atoms with Crippen LogP contribution in [0.5, 0.6) is 0 Å². The van der Waals surface area contributed by atoms with Crippen molar-refractivity contribution in [2.75, 3.05) is 0 Å². The maximum atomic E-state index is 10.7. The van der Waals surface area contributed by atoms with Crippen LogP contribution < -0.4 is 0 Å². The van der Waals surface area contributed by atoms with E-state index in [9.17, 15) is 4.79 Å². The van der Waals surface area contributed by atoms with E-state index >= 15 is 0 Å². The average molecular weight is 194 g/mol. The van der Waals surface area contributed by atoms with Crippen molar-refractivity contribution in [2.45, 2.75) is 32.6 Å². The Hall–Kier alpha value is -0.720. The lowest BCUT2D eigenvalue weighted by Gasteiger charge is -2.03. The van der Waals surface area contributed by atoms with Crippen molar-refractivity contribution in [3.8, 4) is 0 Å². The van der Waals surface area contributed by atoms with E-state index in [1.54, 1.807) is 18.7 Å². The highest BCUT2D eigenvalue weighted by molar-refractivity contribution is 8.05. The van der Waals surface area contributed by atoms with Crippen LogP contribution in [0.15, 0.2) is 28.2 Å². The smallest absolute Gasteiger partial charge is 0.129 e. The first-order chi connectivity index (χ1) is 6.29. The summed E-state index contributed by atoms with van der Waals surface area (Å²) < 4.78 is 0. The van der Waals surface area contributed by atoms with E-state index in [-0.39, 0.29) is 0 Å². The predicted octanol–water partition coefficient (Wildman–Crippen LogP) is 3.44. The molecule has 0 atom stereocenters. The van der Waals surface area contributed by atoms with Gasteiger partial charge >= 0.3 is 0 Å². The molecule has 0 spiro atoms. The maximum Gasteiger partial charge on any atom is 0.129 e. The molecule has 0 aromatic rings. The predicted molar refractivity (Wildman–Crippen MR) is 57.5 cm³/mol. The van der Waals surface area contributed by atoms with E-state index in [1.165, 1.54) is 4.91 Å². The molecule has 0 fully saturated rings. The van der Waals surface area contributed by atoms with E-state index in [0.717, 1.165) is 25.7 Å². The normalized spacial score (nSPS) is 14.4. The van der Waals surface area contributed by atoms with Crippen molar-refractivity contribution in [3.05, 3.63) is 28.2 Å². The molecule has 0 N–H and O–H groups in total. The minimum atomic E-state index is 0.296. The van der Waals surface area contributed by atoms with Gasteiger partial charge < -0.3 is 4.79 Å². The molecule has 0 aliphatic carbocycles. The number of carbonyl (C=O) groups is 1. The average Bonchev–Trinajstić information content (AvgIpc) is 2.14. The molecule has 70 valence electrons. The van der Waals surface area contributed by atoms with Crippen LogP contribution in [0.3, 0.4) is 0 Å². The van der Waals surface area contributed by atoms with Crippen molar-refractivity contribution in [1.29, 1.82) is 0 Å². The van der Waals surface area contributed by atoms with Gasteiger partial charge in [0.05, 0.1) is 0 Å². The highest BCUT2D eigenvalue weighted by Gasteiger charge is 1.99. The second-order valence-corrected chi connectivity index (χ2v) is 4.11. The number of thioether (sulfide) groups is 1. The Morgan fingerprint density at radius 2 is 2.38 bits per heavy atom. The SMILES string of the molecule is CC(=O)CCCCC1=CC=C=CS1. The number of rotatable bonds is 5.